The third kappa shape index (κ3) is 1.95. The zero-order chi connectivity index (χ0) is 12.5. The number of hydrogen-bond donors (Lipinski definition) is 1. The summed E-state index contributed by atoms with van der Waals surface area (Å²) in [6.45, 7) is 3.97. The van der Waals surface area contributed by atoms with Crippen molar-refractivity contribution < 1.29 is 9.90 Å². The maximum atomic E-state index is 11.2. The number of aromatic nitrogens is 1. The van der Waals surface area contributed by atoms with Gasteiger partial charge in [-0.05, 0) is 31.5 Å². The largest absolute Gasteiger partial charge is 0.478 e. The SMILES string of the molecule is O=C(O)c1cccnc1N1CCN2CCCC2C1. The first-order valence-corrected chi connectivity index (χ1v) is 6.43. The normalized spacial score (nSPS) is 24.0. The monoisotopic (exact) mass is 247 g/mol. The van der Waals surface area contributed by atoms with Gasteiger partial charge in [-0.25, -0.2) is 9.78 Å². The van der Waals surface area contributed by atoms with Crippen LogP contribution >= 0.6 is 0 Å². The lowest BCUT2D eigenvalue weighted by Crippen LogP contribution is -2.50. The van der Waals surface area contributed by atoms with E-state index in [1.807, 2.05) is 0 Å². The Morgan fingerprint density at radius 2 is 2.28 bits per heavy atom. The number of carboxylic acids is 1. The summed E-state index contributed by atoms with van der Waals surface area (Å²) in [6.07, 6.45) is 4.14. The van der Waals surface area contributed by atoms with Crippen LogP contribution in [-0.2, 0) is 0 Å². The maximum absolute atomic E-state index is 11.2. The molecule has 18 heavy (non-hydrogen) atoms. The number of hydrogen-bond acceptors (Lipinski definition) is 4. The van der Waals surface area contributed by atoms with Crippen LogP contribution in [0.1, 0.15) is 23.2 Å². The Kier molecular flexibility index (Phi) is 2.91. The van der Waals surface area contributed by atoms with Gasteiger partial charge in [-0.3, -0.25) is 4.90 Å². The molecule has 1 unspecified atom stereocenters. The van der Waals surface area contributed by atoms with Crippen molar-refractivity contribution in [2.24, 2.45) is 0 Å². The van der Waals surface area contributed by atoms with Gasteiger partial charge in [0.2, 0.25) is 0 Å². The number of anilines is 1. The molecule has 0 aromatic carbocycles. The lowest BCUT2D eigenvalue weighted by Gasteiger charge is -2.38. The van der Waals surface area contributed by atoms with E-state index in [0.29, 0.717) is 17.4 Å². The maximum Gasteiger partial charge on any atom is 0.339 e. The van der Waals surface area contributed by atoms with Crippen LogP contribution in [0.15, 0.2) is 18.3 Å². The van der Waals surface area contributed by atoms with Gasteiger partial charge in [0, 0.05) is 31.9 Å². The highest BCUT2D eigenvalue weighted by atomic mass is 16.4. The molecule has 3 heterocycles. The molecule has 96 valence electrons. The number of pyridine rings is 1. The Morgan fingerprint density at radius 1 is 1.39 bits per heavy atom. The molecule has 5 nitrogen and oxygen atoms in total. The minimum atomic E-state index is -0.896. The first-order valence-electron chi connectivity index (χ1n) is 6.43. The zero-order valence-corrected chi connectivity index (χ0v) is 10.2. The van der Waals surface area contributed by atoms with Gasteiger partial charge in [0.25, 0.3) is 0 Å². The van der Waals surface area contributed by atoms with E-state index < -0.39 is 5.97 Å². The number of aromatic carboxylic acids is 1. The number of piperazine rings is 1. The van der Waals surface area contributed by atoms with Gasteiger partial charge in [-0.2, -0.15) is 0 Å². The molecule has 0 bridgehead atoms. The molecule has 0 radical (unpaired) electrons. The number of fused-ring (bicyclic) bond motifs is 1. The van der Waals surface area contributed by atoms with Crippen molar-refractivity contribution in [3.8, 4) is 0 Å². The molecule has 2 saturated heterocycles. The minimum Gasteiger partial charge on any atom is -0.478 e. The fourth-order valence-corrected chi connectivity index (χ4v) is 3.00. The second-order valence-electron chi connectivity index (χ2n) is 4.96. The summed E-state index contributed by atoms with van der Waals surface area (Å²) in [4.78, 5) is 20.1. The third-order valence-corrected chi connectivity index (χ3v) is 3.90. The van der Waals surface area contributed by atoms with Crippen LogP contribution in [-0.4, -0.2) is 53.2 Å². The summed E-state index contributed by atoms with van der Waals surface area (Å²) in [5.41, 5.74) is 0.309. The van der Waals surface area contributed by atoms with Crippen LogP contribution in [0.3, 0.4) is 0 Å². The van der Waals surface area contributed by atoms with E-state index >= 15 is 0 Å². The molecule has 5 heteroatoms. The summed E-state index contributed by atoms with van der Waals surface area (Å²) in [5.74, 6) is -0.275. The Hall–Kier alpha value is -1.62. The number of rotatable bonds is 2. The van der Waals surface area contributed by atoms with E-state index in [0.717, 1.165) is 19.6 Å². The van der Waals surface area contributed by atoms with Crippen LogP contribution in [0.25, 0.3) is 0 Å². The number of carbonyl (C=O) groups is 1. The van der Waals surface area contributed by atoms with E-state index in [1.54, 1.807) is 18.3 Å². The molecule has 3 rings (SSSR count). The van der Waals surface area contributed by atoms with E-state index in [2.05, 4.69) is 14.8 Å². The Balaban J connectivity index is 1.85. The van der Waals surface area contributed by atoms with E-state index in [9.17, 15) is 9.90 Å². The van der Waals surface area contributed by atoms with Crippen LogP contribution in [0.2, 0.25) is 0 Å². The van der Waals surface area contributed by atoms with Gasteiger partial charge >= 0.3 is 5.97 Å². The smallest absolute Gasteiger partial charge is 0.339 e. The summed E-state index contributed by atoms with van der Waals surface area (Å²) >= 11 is 0. The Bertz CT molecular complexity index is 463. The van der Waals surface area contributed by atoms with Crippen LogP contribution in [0.4, 0.5) is 5.82 Å². The van der Waals surface area contributed by atoms with Gasteiger partial charge in [0.15, 0.2) is 0 Å². The molecular weight excluding hydrogens is 230 g/mol. The second kappa shape index (κ2) is 4.57. The summed E-state index contributed by atoms with van der Waals surface area (Å²) in [6, 6.07) is 3.88. The Labute approximate surface area is 106 Å². The summed E-state index contributed by atoms with van der Waals surface area (Å²) in [5, 5.41) is 9.21. The van der Waals surface area contributed by atoms with Crippen molar-refractivity contribution in [3.63, 3.8) is 0 Å². The molecule has 2 aliphatic heterocycles. The fraction of sp³-hybridized carbons (Fsp3) is 0.538. The molecular formula is C13H17N3O2. The molecule has 2 fully saturated rings. The zero-order valence-electron chi connectivity index (χ0n) is 10.2. The average Bonchev–Trinajstić information content (AvgIpc) is 2.85. The predicted octanol–water partition coefficient (Wildman–Crippen LogP) is 1.06. The van der Waals surface area contributed by atoms with Crippen molar-refractivity contribution in [1.29, 1.82) is 0 Å². The fourth-order valence-electron chi connectivity index (χ4n) is 3.00. The molecule has 0 spiro atoms. The van der Waals surface area contributed by atoms with Gasteiger partial charge in [0.05, 0.1) is 0 Å². The van der Waals surface area contributed by atoms with Gasteiger partial charge < -0.3 is 10.0 Å². The van der Waals surface area contributed by atoms with Crippen LogP contribution in [0.5, 0.6) is 0 Å². The highest BCUT2D eigenvalue weighted by Gasteiger charge is 2.32. The Morgan fingerprint density at radius 3 is 3.11 bits per heavy atom. The average molecular weight is 247 g/mol. The van der Waals surface area contributed by atoms with Crippen molar-refractivity contribution in [2.45, 2.75) is 18.9 Å². The highest BCUT2D eigenvalue weighted by molar-refractivity contribution is 5.93. The molecule has 1 atom stereocenters. The number of nitrogens with zero attached hydrogens (tertiary/aromatic N) is 3. The molecule has 2 aliphatic rings. The predicted molar refractivity (Wildman–Crippen MR) is 68.0 cm³/mol. The summed E-state index contributed by atoms with van der Waals surface area (Å²) in [7, 11) is 0. The molecule has 0 amide bonds. The van der Waals surface area contributed by atoms with E-state index in [1.165, 1.54) is 19.4 Å². The number of carboxylic acid groups (broad SMARTS) is 1. The quantitative estimate of drug-likeness (QED) is 0.847. The van der Waals surface area contributed by atoms with Gasteiger partial charge in [-0.1, -0.05) is 0 Å². The second-order valence-corrected chi connectivity index (χ2v) is 4.96. The van der Waals surface area contributed by atoms with E-state index in [4.69, 9.17) is 0 Å². The first-order chi connectivity index (χ1) is 8.75. The molecule has 1 N–H and O–H groups in total. The first kappa shape index (κ1) is 11.5. The van der Waals surface area contributed by atoms with Crippen LogP contribution < -0.4 is 4.90 Å². The molecule has 1 aromatic rings. The minimum absolute atomic E-state index is 0.309. The molecule has 0 aliphatic carbocycles. The van der Waals surface area contributed by atoms with Crippen molar-refractivity contribution in [1.82, 2.24) is 9.88 Å². The van der Waals surface area contributed by atoms with Gasteiger partial charge in [-0.15, -0.1) is 0 Å². The molecule has 1 aromatic heterocycles. The van der Waals surface area contributed by atoms with Crippen molar-refractivity contribution >= 4 is 11.8 Å². The third-order valence-electron chi connectivity index (χ3n) is 3.90. The van der Waals surface area contributed by atoms with Gasteiger partial charge in [0.1, 0.15) is 11.4 Å². The van der Waals surface area contributed by atoms with E-state index in [-0.39, 0.29) is 0 Å². The molecule has 0 saturated carbocycles. The van der Waals surface area contributed by atoms with Crippen molar-refractivity contribution in [3.05, 3.63) is 23.9 Å². The summed E-state index contributed by atoms with van der Waals surface area (Å²) < 4.78 is 0. The highest BCUT2D eigenvalue weighted by Crippen LogP contribution is 2.26. The van der Waals surface area contributed by atoms with Crippen molar-refractivity contribution in [2.75, 3.05) is 31.1 Å². The van der Waals surface area contributed by atoms with Crippen LogP contribution in [0, 0.1) is 0 Å². The standard InChI is InChI=1S/C13H17N3O2/c17-13(18)11-4-1-5-14-12(11)16-8-7-15-6-2-3-10(15)9-16/h1,4-5,10H,2-3,6-9H2,(H,17,18). The lowest BCUT2D eigenvalue weighted by atomic mass is 10.1. The topological polar surface area (TPSA) is 56.7 Å². The lowest BCUT2D eigenvalue weighted by molar-refractivity contribution is 0.0697.